The summed E-state index contributed by atoms with van der Waals surface area (Å²) >= 11 is 0. The SMILES string of the molecule is Cc1cc(C)c(CNCC(C)(C)C#N)cc1C. The molecule has 0 aliphatic carbocycles. The summed E-state index contributed by atoms with van der Waals surface area (Å²) in [5.74, 6) is 0. The lowest BCUT2D eigenvalue weighted by Crippen LogP contribution is -2.28. The Morgan fingerprint density at radius 3 is 2.29 bits per heavy atom. The number of benzene rings is 1. The van der Waals surface area contributed by atoms with Gasteiger partial charge in [-0.3, -0.25) is 0 Å². The second-order valence-corrected chi connectivity index (χ2v) is 5.46. The van der Waals surface area contributed by atoms with Gasteiger partial charge >= 0.3 is 0 Å². The van der Waals surface area contributed by atoms with Gasteiger partial charge in [0.1, 0.15) is 0 Å². The predicted octanol–water partition coefficient (Wildman–Crippen LogP) is 3.25. The van der Waals surface area contributed by atoms with E-state index in [2.05, 4.69) is 44.3 Å². The maximum atomic E-state index is 8.94. The van der Waals surface area contributed by atoms with Crippen molar-refractivity contribution in [3.63, 3.8) is 0 Å². The third-order valence-corrected chi connectivity index (χ3v) is 3.14. The van der Waals surface area contributed by atoms with Crippen LogP contribution in [0.2, 0.25) is 0 Å². The minimum atomic E-state index is -0.298. The van der Waals surface area contributed by atoms with Crippen molar-refractivity contribution in [1.82, 2.24) is 5.32 Å². The highest BCUT2D eigenvalue weighted by Crippen LogP contribution is 2.16. The summed E-state index contributed by atoms with van der Waals surface area (Å²) in [7, 11) is 0. The van der Waals surface area contributed by atoms with E-state index in [4.69, 9.17) is 5.26 Å². The molecule has 0 spiro atoms. The van der Waals surface area contributed by atoms with E-state index in [0.717, 1.165) is 13.1 Å². The first-order chi connectivity index (χ1) is 7.85. The van der Waals surface area contributed by atoms with Gasteiger partial charge in [0.2, 0.25) is 0 Å². The molecule has 17 heavy (non-hydrogen) atoms. The normalized spacial score (nSPS) is 11.3. The minimum Gasteiger partial charge on any atom is -0.311 e. The van der Waals surface area contributed by atoms with Gasteiger partial charge in [0.15, 0.2) is 0 Å². The second kappa shape index (κ2) is 5.33. The lowest BCUT2D eigenvalue weighted by Gasteiger charge is -2.17. The molecule has 2 nitrogen and oxygen atoms in total. The Labute approximate surface area is 105 Å². The molecule has 2 heteroatoms. The zero-order valence-electron chi connectivity index (χ0n) is 11.5. The highest BCUT2D eigenvalue weighted by Gasteiger charge is 2.15. The Hall–Kier alpha value is -1.33. The largest absolute Gasteiger partial charge is 0.311 e. The maximum absolute atomic E-state index is 8.94. The zero-order valence-corrected chi connectivity index (χ0v) is 11.5. The zero-order chi connectivity index (χ0) is 13.1. The van der Waals surface area contributed by atoms with Crippen molar-refractivity contribution >= 4 is 0 Å². The summed E-state index contributed by atoms with van der Waals surface area (Å²) in [4.78, 5) is 0. The molecule has 0 heterocycles. The Morgan fingerprint density at radius 1 is 1.12 bits per heavy atom. The third kappa shape index (κ3) is 3.87. The van der Waals surface area contributed by atoms with Crippen molar-refractivity contribution < 1.29 is 0 Å². The van der Waals surface area contributed by atoms with E-state index in [1.807, 2.05) is 13.8 Å². The smallest absolute Gasteiger partial charge is 0.0697 e. The monoisotopic (exact) mass is 230 g/mol. The number of nitrogens with one attached hydrogen (secondary N) is 1. The molecule has 0 aliphatic heterocycles. The number of rotatable bonds is 4. The van der Waals surface area contributed by atoms with Crippen LogP contribution in [-0.4, -0.2) is 6.54 Å². The van der Waals surface area contributed by atoms with Gasteiger partial charge in [-0.15, -0.1) is 0 Å². The van der Waals surface area contributed by atoms with Crippen molar-refractivity contribution in [2.45, 2.75) is 41.2 Å². The molecule has 0 atom stereocenters. The average Bonchev–Trinajstić information content (AvgIpc) is 2.25. The quantitative estimate of drug-likeness (QED) is 0.862. The number of aryl methyl sites for hydroxylation is 3. The molecule has 1 N–H and O–H groups in total. The van der Waals surface area contributed by atoms with E-state index in [-0.39, 0.29) is 5.41 Å². The minimum absolute atomic E-state index is 0.298. The summed E-state index contributed by atoms with van der Waals surface area (Å²) in [6.07, 6.45) is 0. The topological polar surface area (TPSA) is 35.8 Å². The molecule has 0 aromatic heterocycles. The first kappa shape index (κ1) is 13.7. The van der Waals surface area contributed by atoms with Crippen LogP contribution < -0.4 is 5.32 Å². The molecule has 0 saturated heterocycles. The fraction of sp³-hybridized carbons (Fsp3) is 0.533. The van der Waals surface area contributed by atoms with E-state index in [9.17, 15) is 0 Å². The average molecular weight is 230 g/mol. The summed E-state index contributed by atoms with van der Waals surface area (Å²) in [5, 5.41) is 12.3. The highest BCUT2D eigenvalue weighted by atomic mass is 14.9. The van der Waals surface area contributed by atoms with Crippen LogP contribution in [0, 0.1) is 37.5 Å². The Morgan fingerprint density at radius 2 is 1.71 bits per heavy atom. The predicted molar refractivity (Wildman–Crippen MR) is 71.8 cm³/mol. The maximum Gasteiger partial charge on any atom is 0.0697 e. The van der Waals surface area contributed by atoms with E-state index >= 15 is 0 Å². The van der Waals surface area contributed by atoms with Crippen LogP contribution in [-0.2, 0) is 6.54 Å². The molecular weight excluding hydrogens is 208 g/mol. The number of hydrogen-bond acceptors (Lipinski definition) is 2. The van der Waals surface area contributed by atoms with Gasteiger partial charge in [-0.2, -0.15) is 5.26 Å². The molecule has 1 rings (SSSR count). The van der Waals surface area contributed by atoms with E-state index in [1.165, 1.54) is 22.3 Å². The van der Waals surface area contributed by atoms with Crippen molar-refractivity contribution in [3.05, 3.63) is 34.4 Å². The van der Waals surface area contributed by atoms with Crippen LogP contribution in [0.4, 0.5) is 0 Å². The number of nitriles is 1. The van der Waals surface area contributed by atoms with Crippen LogP contribution in [0.1, 0.15) is 36.1 Å². The number of hydrogen-bond donors (Lipinski definition) is 1. The summed E-state index contributed by atoms with van der Waals surface area (Å²) < 4.78 is 0. The van der Waals surface area contributed by atoms with E-state index < -0.39 is 0 Å². The molecule has 0 unspecified atom stereocenters. The second-order valence-electron chi connectivity index (χ2n) is 5.46. The van der Waals surface area contributed by atoms with Gasteiger partial charge in [-0.05, 0) is 56.9 Å². The molecule has 0 fully saturated rings. The van der Waals surface area contributed by atoms with Gasteiger partial charge in [0, 0.05) is 13.1 Å². The first-order valence-corrected chi connectivity index (χ1v) is 6.04. The van der Waals surface area contributed by atoms with Crippen molar-refractivity contribution in [2.24, 2.45) is 5.41 Å². The Bertz CT molecular complexity index is 439. The van der Waals surface area contributed by atoms with Gasteiger partial charge in [-0.25, -0.2) is 0 Å². The van der Waals surface area contributed by atoms with Gasteiger partial charge < -0.3 is 5.32 Å². The summed E-state index contributed by atoms with van der Waals surface area (Å²) in [6.45, 7) is 11.9. The standard InChI is InChI=1S/C15H22N2/c1-11-6-13(3)14(7-12(11)2)8-17-10-15(4,5)9-16/h6-7,17H,8,10H2,1-5H3. The summed E-state index contributed by atoms with van der Waals surface area (Å²) in [6, 6.07) is 6.76. The van der Waals surface area contributed by atoms with E-state index in [0.29, 0.717) is 0 Å². The molecular formula is C15H22N2. The molecule has 0 saturated carbocycles. The first-order valence-electron chi connectivity index (χ1n) is 6.04. The van der Waals surface area contributed by atoms with Crippen LogP contribution in [0.25, 0.3) is 0 Å². The van der Waals surface area contributed by atoms with E-state index in [1.54, 1.807) is 0 Å². The van der Waals surface area contributed by atoms with Crippen LogP contribution >= 0.6 is 0 Å². The molecule has 92 valence electrons. The van der Waals surface area contributed by atoms with Crippen molar-refractivity contribution in [1.29, 1.82) is 5.26 Å². The third-order valence-electron chi connectivity index (χ3n) is 3.14. The Kier molecular flexibility index (Phi) is 4.31. The molecule has 0 aliphatic rings. The van der Waals surface area contributed by atoms with Crippen molar-refractivity contribution in [2.75, 3.05) is 6.54 Å². The highest BCUT2D eigenvalue weighted by molar-refractivity contribution is 5.36. The lowest BCUT2D eigenvalue weighted by atomic mass is 9.95. The van der Waals surface area contributed by atoms with Crippen LogP contribution in [0.5, 0.6) is 0 Å². The Balaban J connectivity index is 2.65. The number of nitrogens with zero attached hydrogens (tertiary/aromatic N) is 1. The molecule has 0 bridgehead atoms. The molecule has 1 aromatic rings. The molecule has 1 aromatic carbocycles. The molecule has 0 amide bonds. The molecule has 0 radical (unpaired) electrons. The van der Waals surface area contributed by atoms with Gasteiger partial charge in [-0.1, -0.05) is 12.1 Å². The van der Waals surface area contributed by atoms with Crippen LogP contribution in [0.3, 0.4) is 0 Å². The van der Waals surface area contributed by atoms with Crippen LogP contribution in [0.15, 0.2) is 12.1 Å². The van der Waals surface area contributed by atoms with Gasteiger partial charge in [0.25, 0.3) is 0 Å². The van der Waals surface area contributed by atoms with Crippen molar-refractivity contribution in [3.8, 4) is 6.07 Å². The fourth-order valence-electron chi connectivity index (χ4n) is 1.76. The summed E-state index contributed by atoms with van der Waals surface area (Å²) in [5.41, 5.74) is 5.00. The van der Waals surface area contributed by atoms with Gasteiger partial charge in [0.05, 0.1) is 11.5 Å². The fourth-order valence-corrected chi connectivity index (χ4v) is 1.76. The lowest BCUT2D eigenvalue weighted by molar-refractivity contribution is 0.444.